The third-order valence-corrected chi connectivity index (χ3v) is 5.06. The number of anilines is 2. The summed E-state index contributed by atoms with van der Waals surface area (Å²) < 4.78 is 0. The summed E-state index contributed by atoms with van der Waals surface area (Å²) in [6, 6.07) is 13.9. The van der Waals surface area contributed by atoms with Gasteiger partial charge in [-0.05, 0) is 43.0 Å². The first kappa shape index (κ1) is 13.5. The van der Waals surface area contributed by atoms with Crippen LogP contribution in [0.5, 0.6) is 0 Å². The molecule has 1 saturated carbocycles. The number of ketones is 1. The van der Waals surface area contributed by atoms with Gasteiger partial charge in [0, 0.05) is 35.3 Å². The highest BCUT2D eigenvalue weighted by Crippen LogP contribution is 2.51. The Morgan fingerprint density at radius 1 is 1.08 bits per heavy atom. The van der Waals surface area contributed by atoms with Gasteiger partial charge >= 0.3 is 0 Å². The van der Waals surface area contributed by atoms with Crippen LogP contribution in [-0.4, -0.2) is 15.8 Å². The highest BCUT2D eigenvalue weighted by Gasteiger charge is 2.49. The van der Waals surface area contributed by atoms with Crippen LogP contribution in [0.25, 0.3) is 11.3 Å². The number of hydrogen-bond acceptors (Lipinski definition) is 3. The number of fused-ring (bicyclic) bond motifs is 2. The number of aromatic nitrogens is 2. The minimum atomic E-state index is 0.231. The van der Waals surface area contributed by atoms with Crippen molar-refractivity contribution in [2.24, 2.45) is 11.8 Å². The number of nitrogens with zero attached hydrogens (tertiary/aromatic N) is 1. The smallest absolute Gasteiger partial charge is 0.170 e. The average molecular weight is 315 g/mol. The summed E-state index contributed by atoms with van der Waals surface area (Å²) in [4.78, 5) is 20.5. The maximum absolute atomic E-state index is 12.8. The number of nitrogens with one attached hydrogen (secondary N) is 2. The molecule has 3 aromatic rings. The average Bonchev–Trinajstić information content (AvgIpc) is 3.32. The van der Waals surface area contributed by atoms with E-state index >= 15 is 0 Å². The zero-order chi connectivity index (χ0) is 16.1. The quantitative estimate of drug-likeness (QED) is 0.762. The van der Waals surface area contributed by atoms with E-state index < -0.39 is 0 Å². The first-order valence-electron chi connectivity index (χ1n) is 8.33. The van der Waals surface area contributed by atoms with Crippen molar-refractivity contribution in [1.82, 2.24) is 9.97 Å². The minimum absolute atomic E-state index is 0.231. The molecule has 2 aromatic heterocycles. The van der Waals surface area contributed by atoms with Gasteiger partial charge in [-0.2, -0.15) is 0 Å². The van der Waals surface area contributed by atoms with Crippen molar-refractivity contribution in [2.45, 2.75) is 12.8 Å². The normalized spacial score (nSPS) is 21.1. The first-order chi connectivity index (χ1) is 11.8. The summed E-state index contributed by atoms with van der Waals surface area (Å²) in [6.45, 7) is 0. The van der Waals surface area contributed by atoms with E-state index in [1.165, 1.54) is 0 Å². The Bertz CT molecular complexity index is 915. The highest BCUT2D eigenvalue weighted by molar-refractivity contribution is 6.09. The van der Waals surface area contributed by atoms with Crippen molar-refractivity contribution in [3.63, 3.8) is 0 Å². The Kier molecular flexibility index (Phi) is 2.86. The number of carbonyl (C=O) groups excluding carboxylic acids is 1. The molecule has 24 heavy (non-hydrogen) atoms. The van der Waals surface area contributed by atoms with Crippen molar-refractivity contribution in [1.29, 1.82) is 0 Å². The Hall–Kier alpha value is -2.88. The number of benzene rings is 1. The summed E-state index contributed by atoms with van der Waals surface area (Å²) in [5, 5.41) is 3.48. The maximum atomic E-state index is 12.8. The summed E-state index contributed by atoms with van der Waals surface area (Å²) in [5.74, 6) is 1.06. The van der Waals surface area contributed by atoms with Crippen molar-refractivity contribution < 1.29 is 4.79 Å². The molecule has 0 amide bonds. The lowest BCUT2D eigenvalue weighted by Gasteiger charge is -2.13. The van der Waals surface area contributed by atoms with Gasteiger partial charge in [-0.15, -0.1) is 0 Å². The van der Waals surface area contributed by atoms with E-state index in [0.717, 1.165) is 46.7 Å². The Morgan fingerprint density at radius 2 is 1.88 bits per heavy atom. The maximum Gasteiger partial charge on any atom is 0.170 e. The summed E-state index contributed by atoms with van der Waals surface area (Å²) in [5.41, 5.74) is 5.83. The molecule has 2 aliphatic rings. The second kappa shape index (κ2) is 5.06. The van der Waals surface area contributed by atoms with Crippen molar-refractivity contribution in [3.05, 3.63) is 66.1 Å². The summed E-state index contributed by atoms with van der Waals surface area (Å²) in [7, 11) is 0. The van der Waals surface area contributed by atoms with Gasteiger partial charge < -0.3 is 10.3 Å². The summed E-state index contributed by atoms with van der Waals surface area (Å²) >= 11 is 0. The van der Waals surface area contributed by atoms with E-state index in [-0.39, 0.29) is 11.7 Å². The van der Waals surface area contributed by atoms with Gasteiger partial charge in [0.05, 0.1) is 16.9 Å². The van der Waals surface area contributed by atoms with Crippen LogP contribution in [0.3, 0.4) is 0 Å². The number of rotatable bonds is 3. The lowest BCUT2D eigenvalue weighted by atomic mass is 9.95. The van der Waals surface area contributed by atoms with Crippen molar-refractivity contribution >= 4 is 17.2 Å². The van der Waals surface area contributed by atoms with E-state index in [9.17, 15) is 4.79 Å². The molecular formula is C20H17N3O. The number of Topliss-reactive ketones (excluding diaryl/α,β-unsaturated/α-hetero) is 1. The van der Waals surface area contributed by atoms with Crippen LogP contribution in [0, 0.1) is 11.8 Å². The largest absolute Gasteiger partial charge is 0.356 e. The molecule has 2 heterocycles. The van der Waals surface area contributed by atoms with Gasteiger partial charge in [-0.3, -0.25) is 9.78 Å². The Morgan fingerprint density at radius 3 is 2.67 bits per heavy atom. The molecule has 2 aliphatic carbocycles. The molecule has 4 heteroatoms. The molecule has 0 spiro atoms. The zero-order valence-electron chi connectivity index (χ0n) is 13.1. The van der Waals surface area contributed by atoms with E-state index in [1.807, 2.05) is 42.5 Å². The Labute approximate surface area is 139 Å². The number of para-hydroxylation sites is 1. The van der Waals surface area contributed by atoms with Crippen LogP contribution in [-0.2, 0) is 6.42 Å². The molecule has 0 radical (unpaired) electrons. The molecule has 118 valence electrons. The van der Waals surface area contributed by atoms with E-state index in [2.05, 4.69) is 15.3 Å². The van der Waals surface area contributed by atoms with Gasteiger partial charge in [0.15, 0.2) is 5.78 Å². The molecular weight excluding hydrogens is 298 g/mol. The lowest BCUT2D eigenvalue weighted by Crippen LogP contribution is -2.14. The van der Waals surface area contributed by atoms with E-state index in [0.29, 0.717) is 5.92 Å². The topological polar surface area (TPSA) is 57.8 Å². The number of aromatic amines is 1. The van der Waals surface area contributed by atoms with Crippen LogP contribution in [0.1, 0.15) is 22.5 Å². The third-order valence-electron chi connectivity index (χ3n) is 5.06. The van der Waals surface area contributed by atoms with Gasteiger partial charge in [0.25, 0.3) is 0 Å². The molecule has 1 aromatic carbocycles. The summed E-state index contributed by atoms with van der Waals surface area (Å²) in [6.07, 6.45) is 5.57. The highest BCUT2D eigenvalue weighted by atomic mass is 16.1. The van der Waals surface area contributed by atoms with Crippen LogP contribution in [0.2, 0.25) is 0 Å². The van der Waals surface area contributed by atoms with E-state index in [4.69, 9.17) is 0 Å². The standard InChI is InChI=1S/C20H17N3O/c24-20-15-10-13(15)11-16-17(20)19(22-14-4-2-1-3-5-14)18(23-16)12-6-8-21-9-7-12/h1-9,13,15,22-23H,10-11H2. The Balaban J connectivity index is 1.67. The van der Waals surface area contributed by atoms with Crippen LogP contribution < -0.4 is 5.32 Å². The predicted molar refractivity (Wildman–Crippen MR) is 93.4 cm³/mol. The molecule has 0 aliphatic heterocycles. The van der Waals surface area contributed by atoms with E-state index in [1.54, 1.807) is 12.4 Å². The number of H-pyrrole nitrogens is 1. The number of pyridine rings is 1. The predicted octanol–water partition coefficient (Wildman–Crippen LogP) is 4.20. The second-order valence-corrected chi connectivity index (χ2v) is 6.63. The number of carbonyl (C=O) groups is 1. The fraction of sp³-hybridized carbons (Fsp3) is 0.200. The van der Waals surface area contributed by atoms with Gasteiger partial charge in [0.1, 0.15) is 0 Å². The van der Waals surface area contributed by atoms with Crippen LogP contribution in [0.4, 0.5) is 11.4 Å². The monoisotopic (exact) mass is 315 g/mol. The van der Waals surface area contributed by atoms with Crippen molar-refractivity contribution in [3.8, 4) is 11.3 Å². The lowest BCUT2D eigenvalue weighted by molar-refractivity contribution is 0.0955. The number of hydrogen-bond donors (Lipinski definition) is 2. The molecule has 0 saturated heterocycles. The van der Waals surface area contributed by atoms with Gasteiger partial charge in [0.2, 0.25) is 0 Å². The molecule has 2 atom stereocenters. The molecule has 2 N–H and O–H groups in total. The minimum Gasteiger partial charge on any atom is -0.356 e. The fourth-order valence-electron chi connectivity index (χ4n) is 3.74. The van der Waals surface area contributed by atoms with Gasteiger partial charge in [-0.25, -0.2) is 0 Å². The van der Waals surface area contributed by atoms with Gasteiger partial charge in [-0.1, -0.05) is 18.2 Å². The molecule has 2 unspecified atom stereocenters. The third kappa shape index (κ3) is 2.07. The molecule has 0 bridgehead atoms. The zero-order valence-corrected chi connectivity index (χ0v) is 13.1. The molecule has 1 fully saturated rings. The van der Waals surface area contributed by atoms with Crippen molar-refractivity contribution in [2.75, 3.05) is 5.32 Å². The second-order valence-electron chi connectivity index (χ2n) is 6.63. The van der Waals surface area contributed by atoms with Crippen LogP contribution >= 0.6 is 0 Å². The van der Waals surface area contributed by atoms with Crippen LogP contribution in [0.15, 0.2) is 54.9 Å². The molecule has 5 rings (SSSR count). The SMILES string of the molecule is O=C1c2c([nH]c(-c3ccncc3)c2Nc2ccccc2)CC2CC12. The molecule has 4 nitrogen and oxygen atoms in total. The fourth-order valence-corrected chi connectivity index (χ4v) is 3.74. The first-order valence-corrected chi connectivity index (χ1v) is 8.33.